The largest absolute Gasteiger partial charge is 0.496 e. The van der Waals surface area contributed by atoms with E-state index in [1.807, 2.05) is 0 Å². The molecule has 0 amide bonds. The fourth-order valence-electron chi connectivity index (χ4n) is 3.11. The molecular formula is C17H21N3O2. The zero-order chi connectivity index (χ0) is 15.5. The van der Waals surface area contributed by atoms with E-state index in [1.165, 1.54) is 25.3 Å². The van der Waals surface area contributed by atoms with Crippen molar-refractivity contribution in [2.24, 2.45) is 0 Å². The van der Waals surface area contributed by atoms with Crippen molar-refractivity contribution in [3.63, 3.8) is 0 Å². The first-order valence-corrected chi connectivity index (χ1v) is 7.72. The minimum absolute atomic E-state index is 0.130. The van der Waals surface area contributed by atoms with Gasteiger partial charge in [-0.3, -0.25) is 4.79 Å². The summed E-state index contributed by atoms with van der Waals surface area (Å²) in [7, 11) is 1.60. The first-order chi connectivity index (χ1) is 10.7. The van der Waals surface area contributed by atoms with Gasteiger partial charge >= 0.3 is 0 Å². The molecule has 1 fully saturated rings. The van der Waals surface area contributed by atoms with E-state index in [2.05, 4.69) is 9.97 Å². The standard InChI is InChI=1S/C17H21N3O2/c1-22-15-8-7-12(18)9-13(15)14-10-16(21)20-17(19-14)11-5-3-2-4-6-11/h7-11H,2-6,18H2,1H3,(H,19,20,21). The zero-order valence-electron chi connectivity index (χ0n) is 12.8. The Labute approximate surface area is 129 Å². The third-order valence-corrected chi connectivity index (χ3v) is 4.25. The molecule has 1 aliphatic carbocycles. The molecule has 1 heterocycles. The average molecular weight is 299 g/mol. The highest BCUT2D eigenvalue weighted by Crippen LogP contribution is 2.33. The number of hydrogen-bond acceptors (Lipinski definition) is 4. The van der Waals surface area contributed by atoms with Crippen LogP contribution in [-0.2, 0) is 0 Å². The van der Waals surface area contributed by atoms with Crippen LogP contribution in [0, 0.1) is 0 Å². The molecule has 0 spiro atoms. The number of benzene rings is 1. The second-order valence-corrected chi connectivity index (χ2v) is 5.81. The highest BCUT2D eigenvalue weighted by atomic mass is 16.5. The Bertz CT molecular complexity index is 718. The Morgan fingerprint density at radius 1 is 1.23 bits per heavy atom. The minimum atomic E-state index is -0.130. The first-order valence-electron chi connectivity index (χ1n) is 7.72. The maximum absolute atomic E-state index is 12.0. The Morgan fingerprint density at radius 2 is 2.00 bits per heavy atom. The SMILES string of the molecule is COc1ccc(N)cc1-c1cc(=O)[nH]c(C2CCCCC2)n1. The molecular weight excluding hydrogens is 278 g/mol. The lowest BCUT2D eigenvalue weighted by Gasteiger charge is -2.21. The topological polar surface area (TPSA) is 81.0 Å². The third-order valence-electron chi connectivity index (χ3n) is 4.25. The molecule has 1 aromatic carbocycles. The van der Waals surface area contributed by atoms with Crippen LogP contribution in [-0.4, -0.2) is 17.1 Å². The molecule has 1 aromatic heterocycles. The number of nitrogens with one attached hydrogen (secondary N) is 1. The van der Waals surface area contributed by atoms with Crippen molar-refractivity contribution in [2.45, 2.75) is 38.0 Å². The van der Waals surface area contributed by atoms with Crippen LogP contribution in [0.1, 0.15) is 43.8 Å². The van der Waals surface area contributed by atoms with E-state index in [1.54, 1.807) is 25.3 Å². The Balaban J connectivity index is 2.06. The van der Waals surface area contributed by atoms with Crippen molar-refractivity contribution in [3.8, 4) is 17.0 Å². The zero-order valence-corrected chi connectivity index (χ0v) is 12.8. The molecule has 0 saturated heterocycles. The molecule has 2 aromatic rings. The van der Waals surface area contributed by atoms with Gasteiger partial charge in [0.2, 0.25) is 0 Å². The van der Waals surface area contributed by atoms with Gasteiger partial charge in [-0.05, 0) is 31.0 Å². The van der Waals surface area contributed by atoms with Crippen LogP contribution in [0.5, 0.6) is 5.75 Å². The summed E-state index contributed by atoms with van der Waals surface area (Å²) >= 11 is 0. The lowest BCUT2D eigenvalue weighted by Crippen LogP contribution is -2.16. The normalized spacial score (nSPS) is 15.7. The van der Waals surface area contributed by atoms with E-state index in [0.29, 0.717) is 23.0 Å². The Kier molecular flexibility index (Phi) is 4.13. The lowest BCUT2D eigenvalue weighted by atomic mass is 9.88. The van der Waals surface area contributed by atoms with Crippen molar-refractivity contribution >= 4 is 5.69 Å². The minimum Gasteiger partial charge on any atom is -0.496 e. The summed E-state index contributed by atoms with van der Waals surface area (Å²) in [5.41, 5.74) is 7.74. The van der Waals surface area contributed by atoms with Crippen LogP contribution < -0.4 is 16.0 Å². The van der Waals surface area contributed by atoms with Crippen molar-refractivity contribution in [1.29, 1.82) is 0 Å². The molecule has 5 heteroatoms. The van der Waals surface area contributed by atoms with E-state index in [9.17, 15) is 4.79 Å². The smallest absolute Gasteiger partial charge is 0.251 e. The van der Waals surface area contributed by atoms with E-state index in [0.717, 1.165) is 24.2 Å². The number of rotatable bonds is 3. The molecule has 0 aliphatic heterocycles. The summed E-state index contributed by atoms with van der Waals surface area (Å²) in [4.78, 5) is 19.6. The number of H-pyrrole nitrogens is 1. The summed E-state index contributed by atoms with van der Waals surface area (Å²) in [5, 5.41) is 0. The number of anilines is 1. The predicted molar refractivity (Wildman–Crippen MR) is 87.1 cm³/mol. The highest BCUT2D eigenvalue weighted by molar-refractivity contribution is 5.71. The average Bonchev–Trinajstić information content (AvgIpc) is 2.55. The second-order valence-electron chi connectivity index (χ2n) is 5.81. The van der Waals surface area contributed by atoms with Crippen LogP contribution in [0.15, 0.2) is 29.1 Å². The number of hydrogen-bond donors (Lipinski definition) is 2. The van der Waals surface area contributed by atoms with Crippen molar-refractivity contribution in [3.05, 3.63) is 40.4 Å². The van der Waals surface area contributed by atoms with Crippen molar-refractivity contribution in [1.82, 2.24) is 9.97 Å². The number of aromatic amines is 1. The summed E-state index contributed by atoms with van der Waals surface area (Å²) in [6, 6.07) is 6.88. The summed E-state index contributed by atoms with van der Waals surface area (Å²) in [6.07, 6.45) is 5.82. The summed E-state index contributed by atoms with van der Waals surface area (Å²) < 4.78 is 5.37. The second kappa shape index (κ2) is 6.22. The van der Waals surface area contributed by atoms with E-state index in [-0.39, 0.29) is 5.56 Å². The fraction of sp³-hybridized carbons (Fsp3) is 0.412. The van der Waals surface area contributed by atoms with Gasteiger partial charge in [0.15, 0.2) is 0 Å². The molecule has 22 heavy (non-hydrogen) atoms. The van der Waals surface area contributed by atoms with Gasteiger partial charge in [-0.15, -0.1) is 0 Å². The van der Waals surface area contributed by atoms with Crippen molar-refractivity contribution < 1.29 is 4.74 Å². The maximum atomic E-state index is 12.0. The fourth-order valence-corrected chi connectivity index (χ4v) is 3.11. The summed E-state index contributed by atoms with van der Waals surface area (Å²) in [5.74, 6) is 1.79. The molecule has 3 rings (SSSR count). The lowest BCUT2D eigenvalue weighted by molar-refractivity contribution is 0.416. The van der Waals surface area contributed by atoms with Crippen LogP contribution in [0.4, 0.5) is 5.69 Å². The van der Waals surface area contributed by atoms with Gasteiger partial charge < -0.3 is 15.5 Å². The first kappa shape index (κ1) is 14.6. The van der Waals surface area contributed by atoms with Gasteiger partial charge in [0.25, 0.3) is 5.56 Å². The van der Waals surface area contributed by atoms with Crippen LogP contribution in [0.3, 0.4) is 0 Å². The van der Waals surface area contributed by atoms with Gasteiger partial charge in [0, 0.05) is 23.2 Å². The number of ether oxygens (including phenoxy) is 1. The monoisotopic (exact) mass is 299 g/mol. The number of nitrogens with zero attached hydrogens (tertiary/aromatic N) is 1. The van der Waals surface area contributed by atoms with Gasteiger partial charge in [0.05, 0.1) is 12.8 Å². The van der Waals surface area contributed by atoms with E-state index in [4.69, 9.17) is 10.5 Å². The third kappa shape index (κ3) is 2.98. The molecule has 0 atom stereocenters. The number of aromatic nitrogens is 2. The molecule has 0 unspecified atom stereocenters. The maximum Gasteiger partial charge on any atom is 0.251 e. The molecule has 3 N–H and O–H groups in total. The predicted octanol–water partition coefficient (Wildman–Crippen LogP) is 3.08. The molecule has 1 aliphatic rings. The molecule has 116 valence electrons. The van der Waals surface area contributed by atoms with E-state index < -0.39 is 0 Å². The molecule has 5 nitrogen and oxygen atoms in total. The Morgan fingerprint density at radius 3 is 2.73 bits per heavy atom. The Hall–Kier alpha value is -2.30. The molecule has 0 bridgehead atoms. The quantitative estimate of drug-likeness (QED) is 0.853. The number of nitrogen functional groups attached to an aromatic ring is 1. The van der Waals surface area contributed by atoms with Crippen LogP contribution in [0.25, 0.3) is 11.3 Å². The number of methoxy groups -OCH3 is 1. The van der Waals surface area contributed by atoms with Crippen molar-refractivity contribution in [2.75, 3.05) is 12.8 Å². The van der Waals surface area contributed by atoms with E-state index >= 15 is 0 Å². The summed E-state index contributed by atoms with van der Waals surface area (Å²) in [6.45, 7) is 0. The van der Waals surface area contributed by atoms with Gasteiger partial charge in [-0.2, -0.15) is 0 Å². The van der Waals surface area contributed by atoms with Gasteiger partial charge in [-0.1, -0.05) is 19.3 Å². The molecule has 1 saturated carbocycles. The highest BCUT2D eigenvalue weighted by Gasteiger charge is 2.19. The van der Waals surface area contributed by atoms with Crippen LogP contribution >= 0.6 is 0 Å². The van der Waals surface area contributed by atoms with Gasteiger partial charge in [-0.25, -0.2) is 4.98 Å². The molecule has 0 radical (unpaired) electrons. The van der Waals surface area contributed by atoms with Crippen LogP contribution in [0.2, 0.25) is 0 Å². The number of nitrogens with two attached hydrogens (primary N) is 1. The van der Waals surface area contributed by atoms with Gasteiger partial charge in [0.1, 0.15) is 11.6 Å².